The van der Waals surface area contributed by atoms with Crippen LogP contribution in [0.3, 0.4) is 0 Å². The van der Waals surface area contributed by atoms with Gasteiger partial charge in [0, 0.05) is 23.1 Å². The van der Waals surface area contributed by atoms with Gasteiger partial charge in [-0.2, -0.15) is 0 Å². The monoisotopic (exact) mass is 232 g/mol. The summed E-state index contributed by atoms with van der Waals surface area (Å²) in [5, 5.41) is 7.75. The lowest BCUT2D eigenvalue weighted by Gasteiger charge is -2.07. The summed E-state index contributed by atoms with van der Waals surface area (Å²) >= 11 is 0. The van der Waals surface area contributed by atoms with Crippen LogP contribution in [0.25, 0.3) is 0 Å². The maximum absolute atomic E-state index is 11.5. The zero-order valence-corrected chi connectivity index (χ0v) is 8.99. The molecule has 0 spiro atoms. The number of carbonyl (C=O) groups excluding carboxylic acids is 2. The lowest BCUT2D eigenvalue weighted by molar-refractivity contribution is -0.115. The third-order valence-corrected chi connectivity index (χ3v) is 2.20. The van der Waals surface area contributed by atoms with E-state index in [2.05, 4.69) is 16.0 Å². The highest BCUT2D eigenvalue weighted by molar-refractivity contribution is 5.95. The fourth-order valence-corrected chi connectivity index (χ4v) is 1.40. The molecular weight excluding hydrogens is 220 g/mol. The van der Waals surface area contributed by atoms with E-state index in [0.29, 0.717) is 23.6 Å². The Morgan fingerprint density at radius 2 is 1.94 bits per heavy atom. The first-order valence-electron chi connectivity index (χ1n) is 5.05. The molecular formula is C11H12N4O2. The van der Waals surface area contributed by atoms with E-state index in [9.17, 15) is 9.59 Å². The summed E-state index contributed by atoms with van der Waals surface area (Å²) in [5.74, 6) is -0.201. The Morgan fingerprint density at radius 3 is 2.53 bits per heavy atom. The summed E-state index contributed by atoms with van der Waals surface area (Å²) in [7, 11) is 0. The van der Waals surface area contributed by atoms with E-state index >= 15 is 0 Å². The van der Waals surface area contributed by atoms with Crippen molar-refractivity contribution >= 4 is 23.3 Å². The van der Waals surface area contributed by atoms with E-state index in [-0.39, 0.29) is 5.91 Å². The van der Waals surface area contributed by atoms with Crippen LogP contribution >= 0.6 is 0 Å². The summed E-state index contributed by atoms with van der Waals surface area (Å²) in [6, 6.07) is 6.38. The number of anilines is 2. The molecule has 0 saturated carbocycles. The lowest BCUT2D eigenvalue weighted by atomic mass is 10.3. The number of nitrogen functional groups attached to an aromatic ring is 1. The Morgan fingerprint density at radius 1 is 1.24 bits per heavy atom. The highest BCUT2D eigenvalue weighted by Gasteiger charge is 2.12. The molecule has 6 heteroatoms. The number of nitrogens with one attached hydrogen (secondary N) is 3. The molecule has 0 saturated heterocycles. The third-order valence-electron chi connectivity index (χ3n) is 2.20. The third kappa shape index (κ3) is 2.97. The van der Waals surface area contributed by atoms with Gasteiger partial charge >= 0.3 is 6.03 Å². The fraction of sp³-hybridized carbons (Fsp3) is 0.0909. The number of nitrogens with two attached hydrogens (primary N) is 1. The summed E-state index contributed by atoms with van der Waals surface area (Å²) in [6.07, 6.45) is 1.35. The van der Waals surface area contributed by atoms with E-state index in [1.165, 1.54) is 6.08 Å². The fourth-order valence-electron chi connectivity index (χ4n) is 1.40. The lowest BCUT2D eigenvalue weighted by Crippen LogP contribution is -2.30. The average Bonchev–Trinajstić information content (AvgIpc) is 2.67. The smallest absolute Gasteiger partial charge is 0.323 e. The number of carbonyl (C=O) groups is 2. The Balaban J connectivity index is 1.91. The molecule has 0 radical (unpaired) electrons. The molecule has 5 N–H and O–H groups in total. The van der Waals surface area contributed by atoms with Crippen molar-refractivity contribution in [1.82, 2.24) is 10.6 Å². The normalized spacial score (nSPS) is 13.9. The van der Waals surface area contributed by atoms with Crippen molar-refractivity contribution in [2.24, 2.45) is 0 Å². The predicted molar refractivity (Wildman–Crippen MR) is 64.1 cm³/mol. The molecule has 1 aliphatic heterocycles. The predicted octanol–water partition coefficient (Wildman–Crippen LogP) is 0.404. The molecule has 0 atom stereocenters. The minimum Gasteiger partial charge on any atom is -0.399 e. The van der Waals surface area contributed by atoms with Crippen molar-refractivity contribution in [3.8, 4) is 0 Å². The summed E-state index contributed by atoms with van der Waals surface area (Å²) < 4.78 is 0. The van der Waals surface area contributed by atoms with Crippen LogP contribution < -0.4 is 21.7 Å². The van der Waals surface area contributed by atoms with E-state index in [4.69, 9.17) is 5.73 Å². The molecule has 88 valence electrons. The van der Waals surface area contributed by atoms with Crippen molar-refractivity contribution in [3.63, 3.8) is 0 Å². The molecule has 2 rings (SSSR count). The number of hydrogen-bond donors (Lipinski definition) is 4. The van der Waals surface area contributed by atoms with Crippen LogP contribution in [-0.2, 0) is 4.79 Å². The SMILES string of the molecule is Nc1ccc(NC(=O)NC2=CC(=O)NC2)cc1. The van der Waals surface area contributed by atoms with Gasteiger partial charge in [0.15, 0.2) is 0 Å². The molecule has 0 aromatic heterocycles. The molecule has 0 fully saturated rings. The van der Waals surface area contributed by atoms with Gasteiger partial charge in [-0.1, -0.05) is 0 Å². The second kappa shape index (κ2) is 4.56. The Hall–Kier alpha value is -2.50. The van der Waals surface area contributed by atoms with Crippen molar-refractivity contribution in [2.45, 2.75) is 0 Å². The number of hydrogen-bond acceptors (Lipinski definition) is 3. The molecule has 17 heavy (non-hydrogen) atoms. The highest BCUT2D eigenvalue weighted by atomic mass is 16.2. The van der Waals surface area contributed by atoms with Gasteiger partial charge < -0.3 is 21.7 Å². The van der Waals surface area contributed by atoms with Crippen LogP contribution in [0.4, 0.5) is 16.2 Å². The van der Waals surface area contributed by atoms with E-state index in [1.54, 1.807) is 24.3 Å². The number of benzene rings is 1. The zero-order chi connectivity index (χ0) is 12.3. The minimum atomic E-state index is -0.391. The van der Waals surface area contributed by atoms with Crippen LogP contribution in [0, 0.1) is 0 Å². The molecule has 3 amide bonds. The van der Waals surface area contributed by atoms with Crippen LogP contribution in [-0.4, -0.2) is 18.5 Å². The first-order valence-corrected chi connectivity index (χ1v) is 5.05. The topological polar surface area (TPSA) is 96.2 Å². The second-order valence-corrected chi connectivity index (χ2v) is 3.59. The van der Waals surface area contributed by atoms with E-state index in [0.717, 1.165) is 0 Å². The summed E-state index contributed by atoms with van der Waals surface area (Å²) in [5.41, 5.74) is 7.33. The molecule has 6 nitrogen and oxygen atoms in total. The van der Waals surface area contributed by atoms with Gasteiger partial charge in [0.1, 0.15) is 0 Å². The van der Waals surface area contributed by atoms with Gasteiger partial charge in [-0.05, 0) is 24.3 Å². The van der Waals surface area contributed by atoms with E-state index < -0.39 is 6.03 Å². The first-order chi connectivity index (χ1) is 8.13. The Bertz CT molecular complexity index is 479. The van der Waals surface area contributed by atoms with Crippen molar-refractivity contribution in [2.75, 3.05) is 17.6 Å². The largest absolute Gasteiger partial charge is 0.399 e. The number of urea groups is 1. The van der Waals surface area contributed by atoms with Crippen molar-refractivity contribution < 1.29 is 9.59 Å². The molecule has 0 bridgehead atoms. The van der Waals surface area contributed by atoms with E-state index in [1.807, 2.05) is 0 Å². The van der Waals surface area contributed by atoms with Crippen LogP contribution in [0.1, 0.15) is 0 Å². The summed E-state index contributed by atoms with van der Waals surface area (Å²) in [4.78, 5) is 22.4. The second-order valence-electron chi connectivity index (χ2n) is 3.59. The first kappa shape index (κ1) is 11.0. The number of amides is 3. The molecule has 0 unspecified atom stereocenters. The molecule has 1 heterocycles. The molecule has 1 aliphatic rings. The molecule has 1 aromatic rings. The highest BCUT2D eigenvalue weighted by Crippen LogP contribution is 2.10. The van der Waals surface area contributed by atoms with Gasteiger partial charge in [-0.15, -0.1) is 0 Å². The average molecular weight is 232 g/mol. The van der Waals surface area contributed by atoms with Crippen LogP contribution in [0.5, 0.6) is 0 Å². The van der Waals surface area contributed by atoms with Gasteiger partial charge in [0.2, 0.25) is 5.91 Å². The maximum atomic E-state index is 11.5. The van der Waals surface area contributed by atoms with Crippen LogP contribution in [0.2, 0.25) is 0 Å². The molecule has 0 aliphatic carbocycles. The standard InChI is InChI=1S/C11H12N4O2/c12-7-1-3-8(4-2-7)14-11(17)15-9-5-10(16)13-6-9/h1-5H,6,12H2,(H,13,16)(H2,14,15,17). The van der Waals surface area contributed by atoms with Crippen LogP contribution in [0.15, 0.2) is 36.0 Å². The Labute approximate surface area is 97.9 Å². The maximum Gasteiger partial charge on any atom is 0.323 e. The van der Waals surface area contributed by atoms with Gasteiger partial charge in [-0.25, -0.2) is 4.79 Å². The summed E-state index contributed by atoms with van der Waals surface area (Å²) in [6.45, 7) is 0.341. The van der Waals surface area contributed by atoms with Gasteiger partial charge in [-0.3, -0.25) is 4.79 Å². The number of rotatable bonds is 2. The van der Waals surface area contributed by atoms with Crippen molar-refractivity contribution in [1.29, 1.82) is 0 Å². The Kier molecular flexibility index (Phi) is 2.95. The van der Waals surface area contributed by atoms with Crippen molar-refractivity contribution in [3.05, 3.63) is 36.0 Å². The molecule has 1 aromatic carbocycles. The van der Waals surface area contributed by atoms with Gasteiger partial charge in [0.05, 0.1) is 6.54 Å². The van der Waals surface area contributed by atoms with Gasteiger partial charge in [0.25, 0.3) is 0 Å². The minimum absolute atomic E-state index is 0.201. The quantitative estimate of drug-likeness (QED) is 0.556. The zero-order valence-electron chi connectivity index (χ0n) is 8.99.